The van der Waals surface area contributed by atoms with Gasteiger partial charge in [-0.1, -0.05) is 13.8 Å². The van der Waals surface area contributed by atoms with Crippen LogP contribution < -0.4 is 5.73 Å². The molecule has 0 saturated heterocycles. The fourth-order valence-corrected chi connectivity index (χ4v) is 1.49. The summed E-state index contributed by atoms with van der Waals surface area (Å²) in [5.41, 5.74) is 5.38. The minimum atomic E-state index is -2.27. The largest absolute Gasteiger partial charge is 0.329 e. The summed E-state index contributed by atoms with van der Waals surface area (Å²) >= 11 is 0. The number of halogens is 2. The van der Waals surface area contributed by atoms with E-state index in [2.05, 4.69) is 18.7 Å². The Morgan fingerprint density at radius 2 is 1.53 bits per heavy atom. The van der Waals surface area contributed by atoms with E-state index in [4.69, 9.17) is 5.73 Å². The molecule has 3 nitrogen and oxygen atoms in total. The van der Waals surface area contributed by atoms with Crippen LogP contribution in [0, 0.1) is 0 Å². The van der Waals surface area contributed by atoms with Gasteiger partial charge in [0.25, 0.3) is 6.43 Å². The predicted molar refractivity (Wildman–Crippen MR) is 59.3 cm³/mol. The Hall–Kier alpha value is -0.260. The third-order valence-corrected chi connectivity index (χ3v) is 2.47. The highest BCUT2D eigenvalue weighted by Crippen LogP contribution is 1.98. The van der Waals surface area contributed by atoms with Crippen LogP contribution >= 0.6 is 0 Å². The van der Waals surface area contributed by atoms with Crippen molar-refractivity contribution in [1.82, 2.24) is 9.80 Å². The molecule has 92 valence electrons. The van der Waals surface area contributed by atoms with E-state index in [1.807, 2.05) is 0 Å². The first-order valence-corrected chi connectivity index (χ1v) is 5.56. The van der Waals surface area contributed by atoms with Crippen molar-refractivity contribution in [2.24, 2.45) is 5.73 Å². The van der Waals surface area contributed by atoms with Gasteiger partial charge in [-0.3, -0.25) is 4.90 Å². The van der Waals surface area contributed by atoms with Gasteiger partial charge in [0, 0.05) is 26.2 Å². The van der Waals surface area contributed by atoms with E-state index in [-0.39, 0.29) is 6.54 Å². The third-order valence-electron chi connectivity index (χ3n) is 2.47. The lowest BCUT2D eigenvalue weighted by Crippen LogP contribution is -2.39. The standard InChI is InChI=1S/C10H23F2N3/c1-3-14(4-2)7-8-15(6-5-13)9-10(11)12/h10H,3-9,13H2,1-2H3. The van der Waals surface area contributed by atoms with Gasteiger partial charge in [-0.25, -0.2) is 8.78 Å². The molecule has 0 unspecified atom stereocenters. The van der Waals surface area contributed by atoms with Crippen molar-refractivity contribution in [3.05, 3.63) is 0 Å². The minimum absolute atomic E-state index is 0.168. The Kier molecular flexibility index (Phi) is 8.85. The van der Waals surface area contributed by atoms with E-state index in [9.17, 15) is 8.78 Å². The first-order valence-electron chi connectivity index (χ1n) is 5.56. The monoisotopic (exact) mass is 223 g/mol. The molecule has 15 heavy (non-hydrogen) atoms. The molecule has 0 bridgehead atoms. The SMILES string of the molecule is CCN(CC)CCN(CCN)CC(F)F. The number of rotatable bonds is 9. The quantitative estimate of drug-likeness (QED) is 0.629. The number of likely N-dealkylation sites (N-methyl/N-ethyl adjacent to an activating group) is 1. The van der Waals surface area contributed by atoms with Crippen LogP contribution in [0.3, 0.4) is 0 Å². The van der Waals surface area contributed by atoms with E-state index in [1.165, 1.54) is 0 Å². The van der Waals surface area contributed by atoms with E-state index in [0.29, 0.717) is 19.6 Å². The van der Waals surface area contributed by atoms with Crippen LogP contribution in [0.25, 0.3) is 0 Å². The highest BCUT2D eigenvalue weighted by Gasteiger charge is 2.11. The third kappa shape index (κ3) is 7.64. The summed E-state index contributed by atoms with van der Waals surface area (Å²) in [6.07, 6.45) is -2.27. The molecule has 0 fully saturated rings. The van der Waals surface area contributed by atoms with Crippen molar-refractivity contribution in [2.45, 2.75) is 20.3 Å². The minimum Gasteiger partial charge on any atom is -0.329 e. The summed E-state index contributed by atoms with van der Waals surface area (Å²) in [6, 6.07) is 0. The Morgan fingerprint density at radius 3 is 1.93 bits per heavy atom. The van der Waals surface area contributed by atoms with Gasteiger partial charge < -0.3 is 10.6 Å². The predicted octanol–water partition coefficient (Wildman–Crippen LogP) is 0.854. The molecule has 0 amide bonds. The second-order valence-corrected chi connectivity index (χ2v) is 3.51. The zero-order chi connectivity index (χ0) is 11.7. The number of nitrogens with zero attached hydrogens (tertiary/aromatic N) is 2. The van der Waals surface area contributed by atoms with Crippen LogP contribution in [-0.4, -0.2) is 62.0 Å². The van der Waals surface area contributed by atoms with Crippen molar-refractivity contribution >= 4 is 0 Å². The Labute approximate surface area is 91.2 Å². The first kappa shape index (κ1) is 14.7. The van der Waals surface area contributed by atoms with Gasteiger partial charge in [-0.2, -0.15) is 0 Å². The molecule has 2 N–H and O–H groups in total. The highest BCUT2D eigenvalue weighted by atomic mass is 19.3. The van der Waals surface area contributed by atoms with Gasteiger partial charge in [-0.05, 0) is 13.1 Å². The summed E-state index contributed by atoms with van der Waals surface area (Å²) in [5.74, 6) is 0. The molecule has 0 aliphatic carbocycles. The van der Waals surface area contributed by atoms with Gasteiger partial charge in [0.1, 0.15) is 0 Å². The maximum atomic E-state index is 12.2. The molecule has 0 spiro atoms. The van der Waals surface area contributed by atoms with E-state index in [1.54, 1.807) is 4.90 Å². The summed E-state index contributed by atoms with van der Waals surface area (Å²) < 4.78 is 24.4. The lowest BCUT2D eigenvalue weighted by atomic mass is 10.4. The summed E-state index contributed by atoms with van der Waals surface area (Å²) in [4.78, 5) is 3.94. The molecule has 0 aromatic rings. The lowest BCUT2D eigenvalue weighted by molar-refractivity contribution is 0.0840. The average molecular weight is 223 g/mol. The van der Waals surface area contributed by atoms with E-state index >= 15 is 0 Å². The van der Waals surface area contributed by atoms with Crippen LogP contribution in [0.15, 0.2) is 0 Å². The molecular weight excluding hydrogens is 200 g/mol. The van der Waals surface area contributed by atoms with E-state index < -0.39 is 6.43 Å². The Morgan fingerprint density at radius 1 is 1.00 bits per heavy atom. The highest BCUT2D eigenvalue weighted by molar-refractivity contribution is 4.63. The summed E-state index contributed by atoms with van der Waals surface area (Å²) in [7, 11) is 0. The fraction of sp³-hybridized carbons (Fsp3) is 1.00. The number of nitrogens with two attached hydrogens (primary N) is 1. The van der Waals surface area contributed by atoms with Crippen molar-refractivity contribution in [1.29, 1.82) is 0 Å². The molecule has 0 aromatic carbocycles. The van der Waals surface area contributed by atoms with Crippen molar-refractivity contribution in [2.75, 3.05) is 45.8 Å². The number of hydrogen-bond donors (Lipinski definition) is 1. The van der Waals surface area contributed by atoms with Gasteiger partial charge in [0.05, 0.1) is 6.54 Å². The van der Waals surface area contributed by atoms with Crippen LogP contribution in [0.4, 0.5) is 8.78 Å². The first-order chi connectivity index (χ1) is 7.13. The Bertz CT molecular complexity index is 141. The molecule has 0 aliphatic rings. The molecule has 0 atom stereocenters. The zero-order valence-electron chi connectivity index (χ0n) is 9.75. The van der Waals surface area contributed by atoms with Crippen LogP contribution in [-0.2, 0) is 0 Å². The maximum Gasteiger partial charge on any atom is 0.251 e. The molecule has 5 heteroatoms. The van der Waals surface area contributed by atoms with Crippen molar-refractivity contribution in [3.63, 3.8) is 0 Å². The smallest absolute Gasteiger partial charge is 0.251 e. The molecule has 0 rings (SSSR count). The second-order valence-electron chi connectivity index (χ2n) is 3.51. The Balaban J connectivity index is 3.82. The van der Waals surface area contributed by atoms with Crippen LogP contribution in [0.2, 0.25) is 0 Å². The normalized spacial score (nSPS) is 12.0. The summed E-state index contributed by atoms with van der Waals surface area (Å²) in [6.45, 7) is 8.38. The zero-order valence-corrected chi connectivity index (χ0v) is 9.75. The van der Waals surface area contributed by atoms with Gasteiger partial charge in [-0.15, -0.1) is 0 Å². The van der Waals surface area contributed by atoms with E-state index in [0.717, 1.165) is 19.6 Å². The number of hydrogen-bond acceptors (Lipinski definition) is 3. The van der Waals surface area contributed by atoms with Crippen LogP contribution in [0.1, 0.15) is 13.8 Å². The van der Waals surface area contributed by atoms with Crippen LogP contribution in [0.5, 0.6) is 0 Å². The molecule has 0 radical (unpaired) electrons. The van der Waals surface area contributed by atoms with Gasteiger partial charge in [0.2, 0.25) is 0 Å². The molecule has 0 heterocycles. The lowest BCUT2D eigenvalue weighted by Gasteiger charge is -2.25. The molecule has 0 aromatic heterocycles. The van der Waals surface area contributed by atoms with Crippen molar-refractivity contribution < 1.29 is 8.78 Å². The molecule has 0 aliphatic heterocycles. The van der Waals surface area contributed by atoms with Gasteiger partial charge >= 0.3 is 0 Å². The second kappa shape index (κ2) is 9.00. The molecule has 0 saturated carbocycles. The summed E-state index contributed by atoms with van der Waals surface area (Å²) in [5, 5.41) is 0. The number of alkyl halides is 2. The molecular formula is C10H23F2N3. The average Bonchev–Trinajstić information content (AvgIpc) is 2.18. The fourth-order valence-electron chi connectivity index (χ4n) is 1.49. The maximum absolute atomic E-state index is 12.2. The topological polar surface area (TPSA) is 32.5 Å². The van der Waals surface area contributed by atoms with Gasteiger partial charge in [0.15, 0.2) is 0 Å². The van der Waals surface area contributed by atoms with Crippen molar-refractivity contribution in [3.8, 4) is 0 Å².